The van der Waals surface area contributed by atoms with Gasteiger partial charge in [-0.05, 0) is 17.7 Å². The van der Waals surface area contributed by atoms with E-state index in [1.807, 2.05) is 18.2 Å². The smallest absolute Gasteiger partial charge is 0.408 e. The Morgan fingerprint density at radius 3 is 3.00 bits per heavy atom. The highest BCUT2D eigenvalue weighted by Crippen LogP contribution is 2.11. The summed E-state index contributed by atoms with van der Waals surface area (Å²) in [5.74, 6) is -0.404. The lowest BCUT2D eigenvalue weighted by Crippen LogP contribution is -2.21. The van der Waals surface area contributed by atoms with Gasteiger partial charge in [0.2, 0.25) is 0 Å². The van der Waals surface area contributed by atoms with Crippen molar-refractivity contribution in [3.05, 3.63) is 34.3 Å². The molecule has 4 heteroatoms. The number of fused-ring (bicyclic) bond motifs is 1. The minimum absolute atomic E-state index is 0.404. The van der Waals surface area contributed by atoms with Crippen LogP contribution in [0, 0.1) is 0 Å². The number of benzene rings is 1. The summed E-state index contributed by atoms with van der Waals surface area (Å²) in [5, 5.41) is 3.31. The number of hydrogen-bond donors (Lipinski definition) is 2. The van der Waals surface area contributed by atoms with Crippen LogP contribution in [-0.4, -0.2) is 11.0 Å². The van der Waals surface area contributed by atoms with Gasteiger partial charge in [-0.25, -0.2) is 4.79 Å². The Hall–Kier alpha value is -1.55. The molecule has 0 aliphatic heterocycles. The summed E-state index contributed by atoms with van der Waals surface area (Å²) >= 11 is 0. The molecule has 15 heavy (non-hydrogen) atoms. The molecule has 0 fully saturated rings. The first kappa shape index (κ1) is 9.98. The molecule has 4 nitrogen and oxygen atoms in total. The lowest BCUT2D eigenvalue weighted by molar-refractivity contribution is 0.555. The third kappa shape index (κ3) is 2.27. The highest BCUT2D eigenvalue weighted by molar-refractivity contribution is 5.72. The van der Waals surface area contributed by atoms with Crippen LogP contribution in [0.15, 0.2) is 27.4 Å². The van der Waals surface area contributed by atoms with Crippen molar-refractivity contribution in [3.8, 4) is 0 Å². The number of H-pyrrole nitrogens is 1. The van der Waals surface area contributed by atoms with Crippen LogP contribution in [-0.2, 0) is 6.54 Å². The van der Waals surface area contributed by atoms with Gasteiger partial charge >= 0.3 is 5.76 Å². The maximum absolute atomic E-state index is 10.9. The Balaban J connectivity index is 2.26. The lowest BCUT2D eigenvalue weighted by Gasteiger charge is -2.07. The van der Waals surface area contributed by atoms with Crippen LogP contribution in [0.25, 0.3) is 11.1 Å². The fourth-order valence-corrected chi connectivity index (χ4v) is 1.43. The summed E-state index contributed by atoms with van der Waals surface area (Å²) in [6.45, 7) is 4.98. The van der Waals surface area contributed by atoms with E-state index in [2.05, 4.69) is 24.1 Å². The van der Waals surface area contributed by atoms with Crippen LogP contribution in [0.4, 0.5) is 0 Å². The SMILES string of the molecule is CC(C)NCc1ccc2oc(=O)[nH]c2c1. The zero-order valence-electron chi connectivity index (χ0n) is 8.83. The van der Waals surface area contributed by atoms with Gasteiger partial charge in [-0.2, -0.15) is 0 Å². The molecular formula is C11H14N2O2. The molecule has 1 aromatic carbocycles. The highest BCUT2D eigenvalue weighted by Gasteiger charge is 2.02. The summed E-state index contributed by atoms with van der Waals surface area (Å²) in [5.41, 5.74) is 2.49. The maximum Gasteiger partial charge on any atom is 0.417 e. The van der Waals surface area contributed by atoms with Gasteiger partial charge in [0.05, 0.1) is 5.52 Å². The first-order valence-electron chi connectivity index (χ1n) is 5.00. The molecule has 2 aromatic rings. The minimum atomic E-state index is -0.404. The van der Waals surface area contributed by atoms with E-state index in [0.717, 1.165) is 17.6 Å². The van der Waals surface area contributed by atoms with Crippen LogP contribution < -0.4 is 11.1 Å². The van der Waals surface area contributed by atoms with Crippen LogP contribution in [0.1, 0.15) is 19.4 Å². The summed E-state index contributed by atoms with van der Waals surface area (Å²) in [4.78, 5) is 13.6. The van der Waals surface area contributed by atoms with Gasteiger partial charge in [-0.15, -0.1) is 0 Å². The van der Waals surface area contributed by atoms with Crippen molar-refractivity contribution in [3.63, 3.8) is 0 Å². The second kappa shape index (κ2) is 3.90. The third-order valence-electron chi connectivity index (χ3n) is 2.20. The lowest BCUT2D eigenvalue weighted by atomic mass is 10.2. The summed E-state index contributed by atoms with van der Waals surface area (Å²) in [6, 6.07) is 6.14. The van der Waals surface area contributed by atoms with E-state index in [1.54, 1.807) is 0 Å². The van der Waals surface area contributed by atoms with Gasteiger partial charge < -0.3 is 9.73 Å². The van der Waals surface area contributed by atoms with Crippen LogP contribution in [0.2, 0.25) is 0 Å². The van der Waals surface area contributed by atoms with Crippen molar-refractivity contribution in [2.45, 2.75) is 26.4 Å². The van der Waals surface area contributed by atoms with Crippen molar-refractivity contribution >= 4 is 11.1 Å². The summed E-state index contributed by atoms with van der Waals surface area (Å²) in [6.07, 6.45) is 0. The molecule has 0 bridgehead atoms. The molecule has 0 saturated heterocycles. The van der Waals surface area contributed by atoms with Crippen molar-refractivity contribution in [2.75, 3.05) is 0 Å². The molecule has 0 aliphatic rings. The molecule has 80 valence electrons. The zero-order chi connectivity index (χ0) is 10.8. The van der Waals surface area contributed by atoms with Gasteiger partial charge in [-0.3, -0.25) is 4.98 Å². The van der Waals surface area contributed by atoms with E-state index in [9.17, 15) is 4.79 Å². The highest BCUT2D eigenvalue weighted by atomic mass is 16.4. The average molecular weight is 206 g/mol. The van der Waals surface area contributed by atoms with Crippen LogP contribution in [0.5, 0.6) is 0 Å². The number of nitrogens with one attached hydrogen (secondary N) is 2. The van der Waals surface area contributed by atoms with Crippen molar-refractivity contribution in [1.82, 2.24) is 10.3 Å². The van der Waals surface area contributed by atoms with Gasteiger partial charge in [0.1, 0.15) is 0 Å². The van der Waals surface area contributed by atoms with E-state index in [0.29, 0.717) is 11.6 Å². The molecule has 2 rings (SSSR count). The Morgan fingerprint density at radius 2 is 2.27 bits per heavy atom. The molecule has 1 heterocycles. The van der Waals surface area contributed by atoms with Gasteiger partial charge in [-0.1, -0.05) is 19.9 Å². The third-order valence-corrected chi connectivity index (χ3v) is 2.20. The Bertz CT molecular complexity index is 511. The molecule has 2 N–H and O–H groups in total. The quantitative estimate of drug-likeness (QED) is 0.802. The molecule has 0 spiro atoms. The van der Waals surface area contributed by atoms with E-state index in [1.165, 1.54) is 0 Å². The Labute approximate surface area is 87.3 Å². The summed E-state index contributed by atoms with van der Waals surface area (Å²) < 4.78 is 4.92. The fraction of sp³-hybridized carbons (Fsp3) is 0.364. The molecule has 0 aliphatic carbocycles. The molecule has 0 saturated carbocycles. The Kier molecular flexibility index (Phi) is 2.60. The van der Waals surface area contributed by atoms with Gasteiger partial charge in [0.25, 0.3) is 0 Å². The Morgan fingerprint density at radius 1 is 1.47 bits per heavy atom. The molecule has 0 amide bonds. The monoisotopic (exact) mass is 206 g/mol. The van der Waals surface area contributed by atoms with E-state index in [4.69, 9.17) is 4.42 Å². The average Bonchev–Trinajstić information content (AvgIpc) is 2.53. The van der Waals surface area contributed by atoms with Gasteiger partial charge in [0, 0.05) is 12.6 Å². The van der Waals surface area contributed by atoms with Crippen molar-refractivity contribution in [1.29, 1.82) is 0 Å². The molecule has 0 unspecified atom stereocenters. The second-order valence-corrected chi connectivity index (χ2v) is 3.88. The number of oxazole rings is 1. The normalized spacial score (nSPS) is 11.4. The fourth-order valence-electron chi connectivity index (χ4n) is 1.43. The van der Waals surface area contributed by atoms with E-state index >= 15 is 0 Å². The second-order valence-electron chi connectivity index (χ2n) is 3.88. The topological polar surface area (TPSA) is 58.0 Å². The van der Waals surface area contributed by atoms with Crippen LogP contribution >= 0.6 is 0 Å². The molecular weight excluding hydrogens is 192 g/mol. The number of rotatable bonds is 3. The summed E-state index contributed by atoms with van der Waals surface area (Å²) in [7, 11) is 0. The van der Waals surface area contributed by atoms with Crippen molar-refractivity contribution < 1.29 is 4.42 Å². The predicted molar refractivity (Wildman–Crippen MR) is 58.8 cm³/mol. The van der Waals surface area contributed by atoms with Gasteiger partial charge in [0.15, 0.2) is 5.58 Å². The molecule has 0 radical (unpaired) electrons. The van der Waals surface area contributed by atoms with Crippen LogP contribution in [0.3, 0.4) is 0 Å². The minimum Gasteiger partial charge on any atom is -0.408 e. The number of hydrogen-bond acceptors (Lipinski definition) is 3. The maximum atomic E-state index is 10.9. The zero-order valence-corrected chi connectivity index (χ0v) is 8.83. The predicted octanol–water partition coefficient (Wildman–Crippen LogP) is 1.62. The first-order chi connectivity index (χ1) is 7.15. The molecule has 0 atom stereocenters. The number of aromatic amines is 1. The molecule has 1 aromatic heterocycles. The standard InChI is InChI=1S/C11H14N2O2/c1-7(2)12-6-8-3-4-10-9(5-8)13-11(14)15-10/h3-5,7,12H,6H2,1-2H3,(H,13,14). The first-order valence-corrected chi connectivity index (χ1v) is 5.00. The number of aromatic nitrogens is 1. The van der Waals surface area contributed by atoms with E-state index in [-0.39, 0.29) is 0 Å². The largest absolute Gasteiger partial charge is 0.417 e. The van der Waals surface area contributed by atoms with E-state index < -0.39 is 5.76 Å². The van der Waals surface area contributed by atoms with Crippen molar-refractivity contribution in [2.24, 2.45) is 0 Å².